The Morgan fingerprint density at radius 1 is 1.55 bits per heavy atom. The molecule has 6 heteroatoms. The Morgan fingerprint density at radius 3 is 2.75 bits per heavy atom. The van der Waals surface area contributed by atoms with E-state index in [1.165, 1.54) is 5.06 Å². The molecular weight excluding hydrogens is 322 g/mol. The average molecular weight is 342 g/mol. The number of nitrogens with two attached hydrogens (primary N) is 2. The van der Waals surface area contributed by atoms with Gasteiger partial charge >= 0.3 is 5.97 Å². The molecule has 0 saturated carbocycles. The van der Waals surface area contributed by atoms with Gasteiger partial charge in [-0.3, -0.25) is 4.79 Å². The Kier molecular flexibility index (Phi) is 6.04. The van der Waals surface area contributed by atoms with Crippen LogP contribution in [0.3, 0.4) is 0 Å². The number of benzene rings is 1. The number of rotatable bonds is 6. The first-order valence-corrected chi connectivity index (χ1v) is 7.10. The van der Waals surface area contributed by atoms with Crippen LogP contribution in [0.25, 0.3) is 6.08 Å². The van der Waals surface area contributed by atoms with Crippen molar-refractivity contribution in [3.8, 4) is 0 Å². The summed E-state index contributed by atoms with van der Waals surface area (Å²) in [6.07, 6.45) is 2.82. The molecule has 0 aliphatic heterocycles. The number of halogens is 1. The second-order valence-electron chi connectivity index (χ2n) is 4.46. The molecule has 1 aromatic carbocycles. The number of hydroxylamine groups is 2. The molecule has 0 aliphatic rings. The van der Waals surface area contributed by atoms with Crippen LogP contribution in [0.2, 0.25) is 0 Å². The summed E-state index contributed by atoms with van der Waals surface area (Å²) in [7, 11) is 1.68. The monoisotopic (exact) mass is 341 g/mol. The van der Waals surface area contributed by atoms with Crippen LogP contribution < -0.4 is 11.5 Å². The molecule has 0 saturated heterocycles. The van der Waals surface area contributed by atoms with E-state index in [0.717, 1.165) is 22.0 Å². The summed E-state index contributed by atoms with van der Waals surface area (Å²) in [5.74, 6) is -0.267. The Hall–Kier alpha value is -1.53. The van der Waals surface area contributed by atoms with Gasteiger partial charge in [0.05, 0.1) is 17.9 Å². The zero-order valence-electron chi connectivity index (χ0n) is 11.8. The van der Waals surface area contributed by atoms with Gasteiger partial charge in [-0.2, -0.15) is 0 Å². The summed E-state index contributed by atoms with van der Waals surface area (Å²) >= 11 is 3.42. The number of carbonyl (C=O) groups is 1. The number of carbonyl (C=O) groups excluding carboxylic acids is 1. The summed E-state index contributed by atoms with van der Waals surface area (Å²) in [5, 5.41) is 1.45. The van der Waals surface area contributed by atoms with Gasteiger partial charge in [-0.25, -0.2) is 0 Å². The Bertz CT molecular complexity index is 518. The highest BCUT2D eigenvalue weighted by atomic mass is 79.9. The SMILES string of the molecule is C=Cc1c(Br)cc(N)c(N)c1CN(C)OC(=O)CCC. The number of nitrogen functional groups attached to an aromatic ring is 2. The van der Waals surface area contributed by atoms with Crippen molar-refractivity contribution in [1.82, 2.24) is 5.06 Å². The fourth-order valence-electron chi connectivity index (χ4n) is 1.83. The lowest BCUT2D eigenvalue weighted by molar-refractivity contribution is -0.186. The van der Waals surface area contributed by atoms with Crippen molar-refractivity contribution in [2.24, 2.45) is 0 Å². The quantitative estimate of drug-likeness (QED) is 0.614. The molecule has 0 bridgehead atoms. The van der Waals surface area contributed by atoms with E-state index in [1.54, 1.807) is 19.2 Å². The van der Waals surface area contributed by atoms with Crippen LogP contribution >= 0.6 is 15.9 Å². The average Bonchev–Trinajstić information content (AvgIpc) is 2.36. The molecule has 1 aromatic rings. The van der Waals surface area contributed by atoms with E-state index < -0.39 is 0 Å². The highest BCUT2D eigenvalue weighted by Gasteiger charge is 2.15. The molecule has 1 rings (SSSR count). The topological polar surface area (TPSA) is 81.6 Å². The van der Waals surface area contributed by atoms with E-state index in [-0.39, 0.29) is 5.97 Å². The predicted octanol–water partition coefficient (Wildman–Crippen LogP) is 2.95. The van der Waals surface area contributed by atoms with E-state index >= 15 is 0 Å². The molecule has 0 radical (unpaired) electrons. The van der Waals surface area contributed by atoms with Crippen molar-refractivity contribution in [1.29, 1.82) is 0 Å². The van der Waals surface area contributed by atoms with Gasteiger partial charge in [0.1, 0.15) is 0 Å². The van der Waals surface area contributed by atoms with Gasteiger partial charge in [0, 0.05) is 23.5 Å². The smallest absolute Gasteiger partial charge is 0.325 e. The van der Waals surface area contributed by atoms with Crippen molar-refractivity contribution in [3.05, 3.63) is 28.2 Å². The maximum Gasteiger partial charge on any atom is 0.325 e. The van der Waals surface area contributed by atoms with Gasteiger partial charge in [-0.1, -0.05) is 35.5 Å². The molecule has 0 fully saturated rings. The van der Waals surface area contributed by atoms with Crippen LogP contribution in [0, 0.1) is 0 Å². The maximum atomic E-state index is 11.5. The molecular formula is C14H20BrN3O2. The lowest BCUT2D eigenvalue weighted by atomic mass is 10.0. The normalized spacial score (nSPS) is 10.6. The van der Waals surface area contributed by atoms with Gasteiger partial charge in [-0.05, 0) is 18.1 Å². The number of nitrogens with zero attached hydrogens (tertiary/aromatic N) is 1. The Balaban J connectivity index is 2.96. The van der Waals surface area contributed by atoms with Crippen LogP contribution in [0.4, 0.5) is 11.4 Å². The summed E-state index contributed by atoms with van der Waals surface area (Å²) in [4.78, 5) is 16.6. The third-order valence-electron chi connectivity index (χ3n) is 2.80. The van der Waals surface area contributed by atoms with Crippen molar-refractivity contribution in [2.75, 3.05) is 18.5 Å². The second-order valence-corrected chi connectivity index (χ2v) is 5.31. The Labute approximate surface area is 127 Å². The van der Waals surface area contributed by atoms with Crippen molar-refractivity contribution < 1.29 is 9.63 Å². The minimum absolute atomic E-state index is 0.267. The molecule has 0 amide bonds. The summed E-state index contributed by atoms with van der Waals surface area (Å²) in [6, 6.07) is 1.74. The predicted molar refractivity (Wildman–Crippen MR) is 85.5 cm³/mol. The summed E-state index contributed by atoms with van der Waals surface area (Å²) in [5.41, 5.74) is 14.4. The van der Waals surface area contributed by atoms with Crippen LogP contribution in [0.1, 0.15) is 30.9 Å². The minimum atomic E-state index is -0.267. The molecule has 0 unspecified atom stereocenters. The standard InChI is InChI=1S/C14H20BrN3O2/c1-4-6-13(19)20-18(3)8-10-9(5-2)11(15)7-12(16)14(10)17/h5,7H,2,4,6,8,16-17H2,1,3H3. The molecule has 0 aliphatic carbocycles. The molecule has 0 aromatic heterocycles. The molecule has 0 atom stereocenters. The largest absolute Gasteiger partial charge is 0.397 e. The van der Waals surface area contributed by atoms with E-state index in [1.807, 2.05) is 6.92 Å². The molecule has 5 nitrogen and oxygen atoms in total. The molecule has 0 spiro atoms. The lowest BCUT2D eigenvalue weighted by Gasteiger charge is -2.20. The summed E-state index contributed by atoms with van der Waals surface area (Å²) < 4.78 is 0.808. The first kappa shape index (κ1) is 16.5. The van der Waals surface area contributed by atoms with Crippen LogP contribution in [-0.4, -0.2) is 18.1 Å². The van der Waals surface area contributed by atoms with E-state index in [9.17, 15) is 4.79 Å². The van der Waals surface area contributed by atoms with Crippen LogP contribution in [-0.2, 0) is 16.2 Å². The van der Waals surface area contributed by atoms with Gasteiger partial charge in [0.2, 0.25) is 0 Å². The van der Waals surface area contributed by atoms with Crippen LogP contribution in [0.5, 0.6) is 0 Å². The third kappa shape index (κ3) is 3.98. The van der Waals surface area contributed by atoms with Gasteiger partial charge in [-0.15, -0.1) is 5.06 Å². The van der Waals surface area contributed by atoms with E-state index in [0.29, 0.717) is 24.3 Å². The molecule has 20 heavy (non-hydrogen) atoms. The Morgan fingerprint density at radius 2 is 2.20 bits per heavy atom. The van der Waals surface area contributed by atoms with Crippen molar-refractivity contribution in [3.63, 3.8) is 0 Å². The van der Waals surface area contributed by atoms with Gasteiger partial charge in [0.25, 0.3) is 0 Å². The molecule has 0 heterocycles. The third-order valence-corrected chi connectivity index (χ3v) is 3.45. The van der Waals surface area contributed by atoms with Gasteiger partial charge < -0.3 is 16.3 Å². The zero-order valence-corrected chi connectivity index (χ0v) is 13.4. The van der Waals surface area contributed by atoms with Crippen molar-refractivity contribution in [2.45, 2.75) is 26.3 Å². The first-order valence-electron chi connectivity index (χ1n) is 6.31. The van der Waals surface area contributed by atoms with Crippen molar-refractivity contribution >= 4 is 39.4 Å². The van der Waals surface area contributed by atoms with E-state index in [4.69, 9.17) is 16.3 Å². The summed E-state index contributed by atoms with van der Waals surface area (Å²) in [6.45, 7) is 6.03. The second kappa shape index (κ2) is 7.31. The minimum Gasteiger partial charge on any atom is -0.397 e. The highest BCUT2D eigenvalue weighted by molar-refractivity contribution is 9.10. The lowest BCUT2D eigenvalue weighted by Crippen LogP contribution is -2.24. The van der Waals surface area contributed by atoms with Gasteiger partial charge in [0.15, 0.2) is 0 Å². The first-order chi connectivity index (χ1) is 9.40. The fourth-order valence-corrected chi connectivity index (χ4v) is 2.47. The number of anilines is 2. The highest BCUT2D eigenvalue weighted by Crippen LogP contribution is 2.32. The molecule has 4 N–H and O–H groups in total. The zero-order chi connectivity index (χ0) is 15.3. The fraction of sp³-hybridized carbons (Fsp3) is 0.357. The van der Waals surface area contributed by atoms with E-state index in [2.05, 4.69) is 22.5 Å². The van der Waals surface area contributed by atoms with Crippen LogP contribution in [0.15, 0.2) is 17.1 Å². The number of hydrogen-bond acceptors (Lipinski definition) is 5. The number of hydrogen-bond donors (Lipinski definition) is 2. The maximum absolute atomic E-state index is 11.5. The molecule has 110 valence electrons.